The van der Waals surface area contributed by atoms with Crippen LogP contribution in [0.25, 0.3) is 22.3 Å². The van der Waals surface area contributed by atoms with Crippen LogP contribution in [0, 0.1) is 0 Å². The molecule has 3 rings (SSSR count). The maximum Gasteiger partial charge on any atom is 0.123 e. The van der Waals surface area contributed by atoms with Crippen LogP contribution in [0.3, 0.4) is 0 Å². The normalized spacial score (nSPS) is 10.8. The number of rotatable bonds is 7. The molecule has 1 N–H and O–H groups in total. The van der Waals surface area contributed by atoms with E-state index in [1.54, 1.807) is 6.07 Å². The molecule has 0 aliphatic rings. The number of phenolic OH excluding ortho intramolecular Hbond substituents is 1. The highest BCUT2D eigenvalue weighted by molar-refractivity contribution is 5.87. The first-order chi connectivity index (χ1) is 12.3. The Morgan fingerprint density at radius 1 is 0.680 bits per heavy atom. The molecule has 0 heterocycles. The van der Waals surface area contributed by atoms with Gasteiger partial charge in [0.2, 0.25) is 0 Å². The zero-order valence-electron chi connectivity index (χ0n) is 14.9. The third-order valence-electron chi connectivity index (χ3n) is 4.71. The summed E-state index contributed by atoms with van der Waals surface area (Å²) in [4.78, 5) is 0. The minimum Gasteiger partial charge on any atom is -0.507 e. The smallest absolute Gasteiger partial charge is 0.123 e. The van der Waals surface area contributed by atoms with Gasteiger partial charge in [-0.3, -0.25) is 0 Å². The van der Waals surface area contributed by atoms with Crippen molar-refractivity contribution in [3.8, 4) is 28.0 Å². The number of aromatic hydroxyl groups is 1. The van der Waals surface area contributed by atoms with Crippen molar-refractivity contribution in [2.24, 2.45) is 0 Å². The van der Waals surface area contributed by atoms with Crippen LogP contribution in [0.5, 0.6) is 5.75 Å². The van der Waals surface area contributed by atoms with E-state index in [0.717, 1.165) is 24.0 Å². The Balaban J connectivity index is 2.02. The van der Waals surface area contributed by atoms with Crippen molar-refractivity contribution in [2.45, 2.75) is 39.0 Å². The SMILES string of the molecule is CCCCCCc1cccc(O)c1-c1ccccc1-c1ccccc1. The minimum absolute atomic E-state index is 0.372. The standard InChI is InChI=1S/C24H26O/c1-2-3-4-6-14-20-15-11-18-23(25)24(20)22-17-10-9-16-21(22)19-12-7-5-8-13-19/h5,7-13,15-18,25H,2-4,6,14H2,1H3. The predicted molar refractivity (Wildman–Crippen MR) is 107 cm³/mol. The van der Waals surface area contributed by atoms with Crippen LogP contribution >= 0.6 is 0 Å². The van der Waals surface area contributed by atoms with Crippen molar-refractivity contribution in [1.29, 1.82) is 0 Å². The average Bonchev–Trinajstić information content (AvgIpc) is 2.66. The van der Waals surface area contributed by atoms with Crippen LogP contribution in [0.15, 0.2) is 72.8 Å². The van der Waals surface area contributed by atoms with Gasteiger partial charge in [0.25, 0.3) is 0 Å². The van der Waals surface area contributed by atoms with Gasteiger partial charge >= 0.3 is 0 Å². The predicted octanol–water partition coefficient (Wildman–Crippen LogP) is 6.85. The molecular formula is C24H26O. The van der Waals surface area contributed by atoms with Gasteiger partial charge in [-0.25, -0.2) is 0 Å². The lowest BCUT2D eigenvalue weighted by atomic mass is 9.89. The van der Waals surface area contributed by atoms with Crippen LogP contribution in [-0.4, -0.2) is 5.11 Å². The van der Waals surface area contributed by atoms with E-state index in [0.29, 0.717) is 5.75 Å². The summed E-state index contributed by atoms with van der Waals surface area (Å²) >= 11 is 0. The number of aryl methyl sites for hydroxylation is 1. The molecule has 3 aromatic rings. The Morgan fingerprint density at radius 2 is 1.40 bits per heavy atom. The molecule has 0 aliphatic carbocycles. The molecular weight excluding hydrogens is 304 g/mol. The molecule has 0 fully saturated rings. The molecule has 0 aromatic heterocycles. The van der Waals surface area contributed by atoms with E-state index < -0.39 is 0 Å². The molecule has 0 spiro atoms. The average molecular weight is 330 g/mol. The summed E-state index contributed by atoms with van der Waals surface area (Å²) in [5.74, 6) is 0.372. The molecule has 0 bridgehead atoms. The van der Waals surface area contributed by atoms with Crippen molar-refractivity contribution in [3.05, 3.63) is 78.4 Å². The van der Waals surface area contributed by atoms with E-state index >= 15 is 0 Å². The molecule has 0 saturated carbocycles. The molecule has 0 atom stereocenters. The number of hydrogen-bond donors (Lipinski definition) is 1. The maximum absolute atomic E-state index is 10.6. The third-order valence-corrected chi connectivity index (χ3v) is 4.71. The topological polar surface area (TPSA) is 20.2 Å². The van der Waals surface area contributed by atoms with Gasteiger partial charge in [0, 0.05) is 5.56 Å². The summed E-state index contributed by atoms with van der Waals surface area (Å²) in [5.41, 5.74) is 5.67. The fourth-order valence-electron chi connectivity index (χ4n) is 3.42. The first-order valence-electron chi connectivity index (χ1n) is 9.27. The first-order valence-corrected chi connectivity index (χ1v) is 9.27. The fourth-order valence-corrected chi connectivity index (χ4v) is 3.42. The van der Waals surface area contributed by atoms with Crippen molar-refractivity contribution in [1.82, 2.24) is 0 Å². The third kappa shape index (κ3) is 4.11. The Hall–Kier alpha value is -2.54. The van der Waals surface area contributed by atoms with E-state index in [4.69, 9.17) is 0 Å². The summed E-state index contributed by atoms with van der Waals surface area (Å²) in [5, 5.41) is 10.6. The van der Waals surface area contributed by atoms with Crippen molar-refractivity contribution in [2.75, 3.05) is 0 Å². The lowest BCUT2D eigenvalue weighted by molar-refractivity contribution is 0.476. The van der Waals surface area contributed by atoms with Gasteiger partial charge in [0.1, 0.15) is 5.75 Å². The molecule has 128 valence electrons. The highest BCUT2D eigenvalue weighted by Gasteiger charge is 2.14. The summed E-state index contributed by atoms with van der Waals surface area (Å²) in [6.07, 6.45) is 5.93. The lowest BCUT2D eigenvalue weighted by Crippen LogP contribution is -1.94. The zero-order chi connectivity index (χ0) is 17.5. The van der Waals surface area contributed by atoms with Crippen molar-refractivity contribution < 1.29 is 5.11 Å². The van der Waals surface area contributed by atoms with Gasteiger partial charge in [0.15, 0.2) is 0 Å². The highest BCUT2D eigenvalue weighted by Crippen LogP contribution is 2.39. The summed E-state index contributed by atoms with van der Waals surface area (Å²) < 4.78 is 0. The van der Waals surface area contributed by atoms with Gasteiger partial charge in [0.05, 0.1) is 0 Å². The Bertz CT molecular complexity index is 805. The molecule has 25 heavy (non-hydrogen) atoms. The van der Waals surface area contributed by atoms with Crippen LogP contribution in [-0.2, 0) is 6.42 Å². The molecule has 0 unspecified atom stereocenters. The Morgan fingerprint density at radius 3 is 2.16 bits per heavy atom. The number of benzene rings is 3. The van der Waals surface area contributed by atoms with Crippen LogP contribution in [0.1, 0.15) is 38.2 Å². The van der Waals surface area contributed by atoms with Gasteiger partial charge in [-0.15, -0.1) is 0 Å². The van der Waals surface area contributed by atoms with Gasteiger partial charge in [-0.2, -0.15) is 0 Å². The largest absolute Gasteiger partial charge is 0.507 e. The second kappa shape index (κ2) is 8.53. The van der Waals surface area contributed by atoms with E-state index in [-0.39, 0.29) is 0 Å². The molecule has 0 radical (unpaired) electrons. The second-order valence-electron chi connectivity index (χ2n) is 6.53. The van der Waals surface area contributed by atoms with Gasteiger partial charge in [-0.05, 0) is 41.2 Å². The minimum atomic E-state index is 0.372. The second-order valence-corrected chi connectivity index (χ2v) is 6.53. The molecule has 0 amide bonds. The summed E-state index contributed by atoms with van der Waals surface area (Å²) in [6, 6.07) is 24.7. The first kappa shape index (κ1) is 17.3. The number of hydrogen-bond acceptors (Lipinski definition) is 1. The Kier molecular flexibility index (Phi) is 5.90. The van der Waals surface area contributed by atoms with Gasteiger partial charge < -0.3 is 5.11 Å². The quantitative estimate of drug-likeness (QED) is 0.470. The monoisotopic (exact) mass is 330 g/mol. The number of phenols is 1. The van der Waals surface area contributed by atoms with Crippen LogP contribution < -0.4 is 0 Å². The molecule has 0 saturated heterocycles. The highest BCUT2D eigenvalue weighted by atomic mass is 16.3. The van der Waals surface area contributed by atoms with Crippen molar-refractivity contribution >= 4 is 0 Å². The van der Waals surface area contributed by atoms with Gasteiger partial charge in [-0.1, -0.05) is 92.9 Å². The maximum atomic E-state index is 10.6. The number of unbranched alkanes of at least 4 members (excludes halogenated alkanes) is 3. The van der Waals surface area contributed by atoms with E-state index in [1.165, 1.54) is 36.0 Å². The molecule has 0 aliphatic heterocycles. The molecule has 1 heteroatoms. The molecule has 3 aromatic carbocycles. The van der Waals surface area contributed by atoms with E-state index in [2.05, 4.69) is 61.5 Å². The summed E-state index contributed by atoms with van der Waals surface area (Å²) in [6.45, 7) is 2.23. The van der Waals surface area contributed by atoms with Crippen LogP contribution in [0.2, 0.25) is 0 Å². The zero-order valence-corrected chi connectivity index (χ0v) is 14.9. The van der Waals surface area contributed by atoms with Crippen LogP contribution in [0.4, 0.5) is 0 Å². The molecule has 1 nitrogen and oxygen atoms in total. The van der Waals surface area contributed by atoms with Crippen molar-refractivity contribution in [3.63, 3.8) is 0 Å². The fraction of sp³-hybridized carbons (Fsp3) is 0.250. The Labute approximate surface area is 151 Å². The van der Waals surface area contributed by atoms with E-state index in [1.807, 2.05) is 12.1 Å². The van der Waals surface area contributed by atoms with E-state index in [9.17, 15) is 5.11 Å². The lowest BCUT2D eigenvalue weighted by Gasteiger charge is -2.16. The summed E-state index contributed by atoms with van der Waals surface area (Å²) in [7, 11) is 0.